The van der Waals surface area contributed by atoms with Crippen molar-refractivity contribution < 1.29 is 4.74 Å². The molecule has 1 aromatic carbocycles. The zero-order valence-corrected chi connectivity index (χ0v) is 13.5. The Bertz CT molecular complexity index is 419. The third-order valence-corrected chi connectivity index (χ3v) is 4.36. The van der Waals surface area contributed by atoms with E-state index in [-0.39, 0.29) is 0 Å². The van der Waals surface area contributed by atoms with E-state index in [1.807, 2.05) is 18.2 Å². The second kappa shape index (κ2) is 8.23. The van der Waals surface area contributed by atoms with E-state index in [0.29, 0.717) is 17.2 Å². The Morgan fingerprint density at radius 1 is 1.35 bits per heavy atom. The molecule has 2 rings (SSSR count). The Kier molecular flexibility index (Phi) is 6.63. The van der Waals surface area contributed by atoms with E-state index in [9.17, 15) is 0 Å². The summed E-state index contributed by atoms with van der Waals surface area (Å²) in [4.78, 5) is 0. The molecule has 0 aliphatic carbocycles. The summed E-state index contributed by atoms with van der Waals surface area (Å²) >= 11 is 12.3. The second-order valence-electron chi connectivity index (χ2n) is 5.41. The number of nitrogens with one attached hydrogen (secondary N) is 1. The largest absolute Gasteiger partial charge is 0.377 e. The molecule has 0 aromatic heterocycles. The molecule has 0 spiro atoms. The van der Waals surface area contributed by atoms with Crippen LogP contribution >= 0.6 is 23.2 Å². The van der Waals surface area contributed by atoms with Gasteiger partial charge in [-0.25, -0.2) is 0 Å². The lowest BCUT2D eigenvalue weighted by Gasteiger charge is -2.31. The first-order valence-corrected chi connectivity index (χ1v) is 8.25. The fraction of sp³-hybridized carbons (Fsp3) is 0.625. The van der Waals surface area contributed by atoms with Crippen molar-refractivity contribution in [3.8, 4) is 0 Å². The Labute approximate surface area is 131 Å². The molecule has 2 atom stereocenters. The van der Waals surface area contributed by atoms with Crippen LogP contribution in [0, 0.1) is 0 Å². The number of ether oxygens (including phenoxy) is 1. The van der Waals surface area contributed by atoms with Gasteiger partial charge in [0.2, 0.25) is 0 Å². The van der Waals surface area contributed by atoms with Crippen molar-refractivity contribution in [2.75, 3.05) is 13.2 Å². The minimum absolute atomic E-state index is 0.294. The van der Waals surface area contributed by atoms with Gasteiger partial charge in [-0.2, -0.15) is 0 Å². The standard InChI is InChI=1S/C16H23Cl2NO/c1-2-8-19-15(16-5-3-4-9-20-16)10-12-6-7-13(17)11-14(12)18/h6-7,11,15-16,19H,2-5,8-10H2,1H3. The lowest BCUT2D eigenvalue weighted by Crippen LogP contribution is -2.44. The lowest BCUT2D eigenvalue weighted by molar-refractivity contribution is -0.00737. The van der Waals surface area contributed by atoms with E-state index in [0.717, 1.165) is 43.0 Å². The van der Waals surface area contributed by atoms with Gasteiger partial charge in [0.25, 0.3) is 0 Å². The van der Waals surface area contributed by atoms with Gasteiger partial charge in [-0.1, -0.05) is 36.2 Å². The Balaban J connectivity index is 2.05. The molecule has 1 aromatic rings. The van der Waals surface area contributed by atoms with Gasteiger partial charge in [-0.15, -0.1) is 0 Å². The number of hydrogen-bond donors (Lipinski definition) is 1. The monoisotopic (exact) mass is 315 g/mol. The molecule has 20 heavy (non-hydrogen) atoms. The van der Waals surface area contributed by atoms with Gasteiger partial charge < -0.3 is 10.1 Å². The van der Waals surface area contributed by atoms with E-state index in [1.54, 1.807) is 0 Å². The smallest absolute Gasteiger partial charge is 0.0731 e. The Morgan fingerprint density at radius 3 is 2.85 bits per heavy atom. The summed E-state index contributed by atoms with van der Waals surface area (Å²) in [6.45, 7) is 4.07. The molecule has 1 aliphatic rings. The fourth-order valence-corrected chi connectivity index (χ4v) is 3.16. The minimum atomic E-state index is 0.294. The SMILES string of the molecule is CCCNC(Cc1ccc(Cl)cc1Cl)C1CCCCO1. The molecule has 2 nitrogen and oxygen atoms in total. The highest BCUT2D eigenvalue weighted by Crippen LogP contribution is 2.25. The van der Waals surface area contributed by atoms with Crippen molar-refractivity contribution in [1.82, 2.24) is 5.32 Å². The summed E-state index contributed by atoms with van der Waals surface area (Å²) in [7, 11) is 0. The minimum Gasteiger partial charge on any atom is -0.377 e. The number of benzene rings is 1. The van der Waals surface area contributed by atoms with Gasteiger partial charge in [-0.05, 0) is 56.3 Å². The highest BCUT2D eigenvalue weighted by atomic mass is 35.5. The van der Waals surface area contributed by atoms with E-state index >= 15 is 0 Å². The molecule has 112 valence electrons. The molecule has 1 heterocycles. The van der Waals surface area contributed by atoms with Crippen molar-refractivity contribution in [2.45, 2.75) is 51.2 Å². The highest BCUT2D eigenvalue weighted by molar-refractivity contribution is 6.35. The predicted octanol–water partition coefficient (Wildman–Crippen LogP) is 4.47. The third-order valence-electron chi connectivity index (χ3n) is 3.78. The third kappa shape index (κ3) is 4.63. The van der Waals surface area contributed by atoms with Gasteiger partial charge in [0.05, 0.1) is 6.10 Å². The first-order valence-electron chi connectivity index (χ1n) is 7.49. The average molecular weight is 316 g/mol. The van der Waals surface area contributed by atoms with E-state index in [4.69, 9.17) is 27.9 Å². The molecule has 2 unspecified atom stereocenters. The summed E-state index contributed by atoms with van der Waals surface area (Å²) in [5, 5.41) is 5.05. The fourth-order valence-electron chi connectivity index (χ4n) is 2.67. The normalized spacial score (nSPS) is 20.9. The number of rotatable bonds is 6. The van der Waals surface area contributed by atoms with Crippen LogP contribution in [0.5, 0.6) is 0 Å². The zero-order chi connectivity index (χ0) is 14.4. The van der Waals surface area contributed by atoms with Gasteiger partial charge in [0.15, 0.2) is 0 Å². The maximum absolute atomic E-state index is 6.29. The van der Waals surface area contributed by atoms with Crippen molar-refractivity contribution >= 4 is 23.2 Å². The van der Waals surface area contributed by atoms with Gasteiger partial charge in [0, 0.05) is 22.7 Å². The molecule has 0 radical (unpaired) electrons. The van der Waals surface area contributed by atoms with Crippen LogP contribution < -0.4 is 5.32 Å². The first kappa shape index (κ1) is 16.1. The summed E-state index contributed by atoms with van der Waals surface area (Å²) in [6, 6.07) is 6.07. The summed E-state index contributed by atoms with van der Waals surface area (Å²) in [6.07, 6.45) is 5.87. The van der Waals surface area contributed by atoms with E-state index in [2.05, 4.69) is 12.2 Å². The maximum Gasteiger partial charge on any atom is 0.0731 e. The molecule has 1 aliphatic heterocycles. The van der Waals surface area contributed by atoms with Crippen LogP contribution in [-0.2, 0) is 11.2 Å². The highest BCUT2D eigenvalue weighted by Gasteiger charge is 2.24. The van der Waals surface area contributed by atoms with Crippen molar-refractivity contribution in [3.05, 3.63) is 33.8 Å². The maximum atomic E-state index is 6.29. The van der Waals surface area contributed by atoms with E-state index in [1.165, 1.54) is 12.8 Å². The van der Waals surface area contributed by atoms with Gasteiger partial charge in [-0.3, -0.25) is 0 Å². The topological polar surface area (TPSA) is 21.3 Å². The quantitative estimate of drug-likeness (QED) is 0.836. The van der Waals surface area contributed by atoms with Crippen LogP contribution in [0.2, 0.25) is 10.0 Å². The molecule has 0 bridgehead atoms. The van der Waals surface area contributed by atoms with Crippen LogP contribution in [0.25, 0.3) is 0 Å². The zero-order valence-electron chi connectivity index (χ0n) is 12.0. The summed E-state index contributed by atoms with van der Waals surface area (Å²) in [5.74, 6) is 0. The number of hydrogen-bond acceptors (Lipinski definition) is 2. The average Bonchev–Trinajstić information content (AvgIpc) is 2.46. The van der Waals surface area contributed by atoms with E-state index < -0.39 is 0 Å². The summed E-state index contributed by atoms with van der Waals surface area (Å²) < 4.78 is 5.94. The van der Waals surface area contributed by atoms with Crippen LogP contribution in [0.1, 0.15) is 38.2 Å². The van der Waals surface area contributed by atoms with Crippen molar-refractivity contribution in [3.63, 3.8) is 0 Å². The predicted molar refractivity (Wildman–Crippen MR) is 85.8 cm³/mol. The molecule has 1 fully saturated rings. The second-order valence-corrected chi connectivity index (χ2v) is 6.25. The first-order chi connectivity index (χ1) is 9.70. The molecule has 1 N–H and O–H groups in total. The Morgan fingerprint density at radius 2 is 2.20 bits per heavy atom. The van der Waals surface area contributed by atoms with Crippen LogP contribution in [-0.4, -0.2) is 25.3 Å². The molecular formula is C16H23Cl2NO. The van der Waals surface area contributed by atoms with Crippen LogP contribution in [0.4, 0.5) is 0 Å². The molecular weight excluding hydrogens is 293 g/mol. The van der Waals surface area contributed by atoms with Crippen molar-refractivity contribution in [1.29, 1.82) is 0 Å². The summed E-state index contributed by atoms with van der Waals surface area (Å²) in [5.41, 5.74) is 1.14. The lowest BCUT2D eigenvalue weighted by atomic mass is 9.96. The number of halogens is 2. The van der Waals surface area contributed by atoms with Crippen LogP contribution in [0.15, 0.2) is 18.2 Å². The molecule has 1 saturated heterocycles. The molecule has 0 amide bonds. The van der Waals surface area contributed by atoms with Crippen LogP contribution in [0.3, 0.4) is 0 Å². The van der Waals surface area contributed by atoms with Crippen molar-refractivity contribution in [2.24, 2.45) is 0 Å². The van der Waals surface area contributed by atoms with Gasteiger partial charge in [0.1, 0.15) is 0 Å². The molecule has 4 heteroatoms. The Hall–Kier alpha value is -0.280. The molecule has 0 saturated carbocycles. The van der Waals surface area contributed by atoms with Gasteiger partial charge >= 0.3 is 0 Å².